The summed E-state index contributed by atoms with van der Waals surface area (Å²) in [7, 11) is 0. The lowest BCUT2D eigenvalue weighted by molar-refractivity contribution is -0.126. The monoisotopic (exact) mass is 273 g/mol. The van der Waals surface area contributed by atoms with Gasteiger partial charge in [-0.25, -0.2) is 4.79 Å². The summed E-state index contributed by atoms with van der Waals surface area (Å²) in [5.74, 6) is 0.683. The van der Waals surface area contributed by atoms with Gasteiger partial charge in [-0.2, -0.15) is 0 Å². The third-order valence-corrected chi connectivity index (χ3v) is 4.23. The Balaban J connectivity index is 1.55. The van der Waals surface area contributed by atoms with E-state index >= 15 is 0 Å². The van der Waals surface area contributed by atoms with Crippen molar-refractivity contribution < 1.29 is 14.7 Å². The van der Waals surface area contributed by atoms with Gasteiger partial charge in [-0.15, -0.1) is 0 Å². The normalized spacial score (nSPS) is 18.1. The van der Waals surface area contributed by atoms with Crippen LogP contribution in [0, 0.1) is 17.8 Å². The number of aromatic carboxylic acids is 1. The largest absolute Gasteiger partial charge is 0.478 e. The molecule has 0 bridgehead atoms. The number of benzene rings is 1. The smallest absolute Gasteiger partial charge is 0.335 e. The summed E-state index contributed by atoms with van der Waals surface area (Å²) in [5, 5.41) is 11.8. The Morgan fingerprint density at radius 2 is 1.65 bits per heavy atom. The van der Waals surface area contributed by atoms with E-state index in [1.165, 1.54) is 25.7 Å². The second-order valence-electron chi connectivity index (χ2n) is 5.92. The average Bonchev–Trinajstić information content (AvgIpc) is 3.31. The second-order valence-corrected chi connectivity index (χ2v) is 5.92. The molecule has 0 aromatic heterocycles. The van der Waals surface area contributed by atoms with Gasteiger partial charge in [0.25, 0.3) is 0 Å². The molecule has 4 heteroatoms. The molecule has 0 radical (unpaired) electrons. The lowest BCUT2D eigenvalue weighted by atomic mass is 9.97. The predicted octanol–water partition coefficient (Wildman–Crippen LogP) is 2.44. The summed E-state index contributed by atoms with van der Waals surface area (Å²) >= 11 is 0. The molecular formula is C16H19NO3. The summed E-state index contributed by atoms with van der Waals surface area (Å²) in [6.07, 6.45) is 4.79. The molecule has 1 amide bonds. The van der Waals surface area contributed by atoms with Crippen LogP contribution < -0.4 is 5.32 Å². The molecule has 2 saturated carbocycles. The third kappa shape index (κ3) is 3.00. The number of carboxylic acid groups (broad SMARTS) is 1. The van der Waals surface area contributed by atoms with Crippen LogP contribution >= 0.6 is 0 Å². The minimum absolute atomic E-state index is 0.178. The Hall–Kier alpha value is -1.84. The second kappa shape index (κ2) is 5.27. The van der Waals surface area contributed by atoms with Gasteiger partial charge < -0.3 is 10.4 Å². The predicted molar refractivity (Wildman–Crippen MR) is 74.2 cm³/mol. The van der Waals surface area contributed by atoms with E-state index in [2.05, 4.69) is 5.32 Å². The van der Waals surface area contributed by atoms with Gasteiger partial charge in [-0.05, 0) is 55.2 Å². The number of carbonyl (C=O) groups is 2. The molecule has 0 aliphatic heterocycles. The molecule has 0 unspecified atom stereocenters. The minimum atomic E-state index is -0.928. The van der Waals surface area contributed by atoms with Crippen molar-refractivity contribution in [2.45, 2.75) is 32.2 Å². The highest BCUT2D eigenvalue weighted by atomic mass is 16.4. The molecule has 0 atom stereocenters. The number of carboxylic acids is 1. The van der Waals surface area contributed by atoms with Crippen molar-refractivity contribution in [3.63, 3.8) is 0 Å². The maximum absolute atomic E-state index is 12.2. The highest BCUT2D eigenvalue weighted by molar-refractivity contribution is 5.87. The average molecular weight is 273 g/mol. The van der Waals surface area contributed by atoms with E-state index in [4.69, 9.17) is 5.11 Å². The molecule has 2 fully saturated rings. The first-order valence-electron chi connectivity index (χ1n) is 7.25. The van der Waals surface area contributed by atoms with E-state index in [0.717, 1.165) is 5.56 Å². The first-order valence-corrected chi connectivity index (χ1v) is 7.25. The molecule has 2 N–H and O–H groups in total. The van der Waals surface area contributed by atoms with Gasteiger partial charge in [0.2, 0.25) is 5.91 Å². The van der Waals surface area contributed by atoms with Gasteiger partial charge in [-0.3, -0.25) is 4.79 Å². The fraction of sp³-hybridized carbons (Fsp3) is 0.500. The molecule has 2 aliphatic carbocycles. The van der Waals surface area contributed by atoms with Crippen LogP contribution in [-0.4, -0.2) is 17.0 Å². The van der Waals surface area contributed by atoms with Crippen molar-refractivity contribution in [1.29, 1.82) is 0 Å². The first-order chi connectivity index (χ1) is 9.65. The molecule has 4 nitrogen and oxygen atoms in total. The van der Waals surface area contributed by atoms with E-state index in [9.17, 15) is 9.59 Å². The number of hydrogen-bond donors (Lipinski definition) is 2. The van der Waals surface area contributed by atoms with Crippen LogP contribution in [0.3, 0.4) is 0 Å². The Kier molecular flexibility index (Phi) is 3.47. The van der Waals surface area contributed by atoms with Crippen molar-refractivity contribution >= 4 is 11.9 Å². The Morgan fingerprint density at radius 1 is 1.10 bits per heavy atom. The van der Waals surface area contributed by atoms with Crippen molar-refractivity contribution in [2.24, 2.45) is 17.8 Å². The number of rotatable bonds is 6. The van der Waals surface area contributed by atoms with Crippen molar-refractivity contribution in [3.05, 3.63) is 35.4 Å². The van der Waals surface area contributed by atoms with E-state index in [0.29, 0.717) is 18.4 Å². The summed E-state index contributed by atoms with van der Waals surface area (Å²) < 4.78 is 0. The van der Waals surface area contributed by atoms with E-state index in [1.807, 2.05) is 0 Å². The molecule has 0 saturated heterocycles. The Morgan fingerprint density at radius 3 is 2.10 bits per heavy atom. The van der Waals surface area contributed by atoms with Crippen LogP contribution in [0.15, 0.2) is 24.3 Å². The summed E-state index contributed by atoms with van der Waals surface area (Å²) in [5.41, 5.74) is 1.21. The molecule has 3 rings (SSSR count). The van der Waals surface area contributed by atoms with Crippen molar-refractivity contribution in [2.75, 3.05) is 0 Å². The third-order valence-electron chi connectivity index (χ3n) is 4.23. The van der Waals surface area contributed by atoms with Gasteiger partial charge in [0.15, 0.2) is 0 Å². The molecule has 106 valence electrons. The fourth-order valence-corrected chi connectivity index (χ4v) is 2.80. The van der Waals surface area contributed by atoms with Crippen molar-refractivity contribution in [3.8, 4) is 0 Å². The zero-order valence-electron chi connectivity index (χ0n) is 11.3. The molecule has 20 heavy (non-hydrogen) atoms. The molecule has 1 aromatic rings. The minimum Gasteiger partial charge on any atom is -0.478 e. The summed E-state index contributed by atoms with van der Waals surface area (Å²) in [6, 6.07) is 6.66. The number of carbonyl (C=O) groups excluding carboxylic acids is 1. The maximum atomic E-state index is 12.2. The standard InChI is InChI=1S/C16H19NO3/c18-15(14(11-5-6-11)12-7-8-12)17-9-10-1-3-13(4-2-10)16(19)20/h1-4,11-12,14H,5-9H2,(H,17,18)(H,19,20). The highest BCUT2D eigenvalue weighted by Crippen LogP contribution is 2.49. The lowest BCUT2D eigenvalue weighted by Crippen LogP contribution is -2.32. The van der Waals surface area contributed by atoms with Crippen LogP contribution in [0.5, 0.6) is 0 Å². The Labute approximate surface area is 118 Å². The number of amides is 1. The van der Waals surface area contributed by atoms with E-state index in [1.54, 1.807) is 24.3 Å². The van der Waals surface area contributed by atoms with E-state index in [-0.39, 0.29) is 17.4 Å². The lowest BCUT2D eigenvalue weighted by Gasteiger charge is -2.15. The zero-order chi connectivity index (χ0) is 14.1. The molecular weight excluding hydrogens is 254 g/mol. The van der Waals surface area contributed by atoms with Crippen LogP contribution in [0.4, 0.5) is 0 Å². The molecule has 0 spiro atoms. The molecule has 2 aliphatic rings. The van der Waals surface area contributed by atoms with Gasteiger partial charge in [0.1, 0.15) is 0 Å². The van der Waals surface area contributed by atoms with Crippen LogP contribution in [0.2, 0.25) is 0 Å². The highest BCUT2D eigenvalue weighted by Gasteiger charge is 2.45. The maximum Gasteiger partial charge on any atom is 0.335 e. The fourth-order valence-electron chi connectivity index (χ4n) is 2.80. The van der Waals surface area contributed by atoms with Crippen molar-refractivity contribution in [1.82, 2.24) is 5.32 Å². The van der Waals surface area contributed by atoms with Crippen LogP contribution in [-0.2, 0) is 11.3 Å². The molecule has 0 heterocycles. The Bertz CT molecular complexity index is 503. The SMILES string of the molecule is O=C(O)c1ccc(CNC(=O)C(C2CC2)C2CC2)cc1. The quantitative estimate of drug-likeness (QED) is 0.836. The number of hydrogen-bond acceptors (Lipinski definition) is 2. The van der Waals surface area contributed by atoms with Gasteiger partial charge in [0.05, 0.1) is 5.56 Å². The van der Waals surface area contributed by atoms with Gasteiger partial charge in [0, 0.05) is 12.5 Å². The van der Waals surface area contributed by atoms with Gasteiger partial charge >= 0.3 is 5.97 Å². The number of nitrogens with one attached hydrogen (secondary N) is 1. The topological polar surface area (TPSA) is 66.4 Å². The van der Waals surface area contributed by atoms with E-state index < -0.39 is 5.97 Å². The first kappa shape index (κ1) is 13.2. The van der Waals surface area contributed by atoms with Crippen LogP contribution in [0.1, 0.15) is 41.6 Å². The summed E-state index contributed by atoms with van der Waals surface area (Å²) in [4.78, 5) is 23.0. The van der Waals surface area contributed by atoms with Gasteiger partial charge in [-0.1, -0.05) is 12.1 Å². The zero-order valence-corrected chi connectivity index (χ0v) is 11.3. The summed E-state index contributed by atoms with van der Waals surface area (Å²) in [6.45, 7) is 0.481. The van der Waals surface area contributed by atoms with Crippen LogP contribution in [0.25, 0.3) is 0 Å². The molecule has 1 aromatic carbocycles.